The number of sulfonamides is 1. The molecule has 0 aromatic heterocycles. The van der Waals surface area contributed by atoms with Crippen LogP contribution in [0.2, 0.25) is 0 Å². The van der Waals surface area contributed by atoms with Gasteiger partial charge in [-0.15, -0.1) is 0 Å². The quantitative estimate of drug-likeness (QED) is 0.592. The predicted octanol–water partition coefficient (Wildman–Crippen LogP) is 2.41. The number of carbonyl (C=O) groups is 2. The molecule has 1 heterocycles. The van der Waals surface area contributed by atoms with E-state index in [4.69, 9.17) is 5.73 Å². The van der Waals surface area contributed by atoms with E-state index in [1.807, 2.05) is 30.3 Å². The van der Waals surface area contributed by atoms with E-state index in [2.05, 4.69) is 15.9 Å². The highest BCUT2D eigenvalue weighted by molar-refractivity contribution is 9.10. The number of likely N-dealkylation sites (tertiary alicyclic amines) is 1. The van der Waals surface area contributed by atoms with Gasteiger partial charge in [0.1, 0.15) is 0 Å². The van der Waals surface area contributed by atoms with E-state index in [1.165, 1.54) is 16.4 Å². The summed E-state index contributed by atoms with van der Waals surface area (Å²) in [5.41, 5.74) is 6.36. The van der Waals surface area contributed by atoms with Gasteiger partial charge in [-0.1, -0.05) is 46.3 Å². The topological polar surface area (TPSA) is 101 Å². The molecule has 0 unspecified atom stereocenters. The third-order valence-electron chi connectivity index (χ3n) is 5.51. The first-order chi connectivity index (χ1) is 14.8. The second kappa shape index (κ2) is 10.4. The Morgan fingerprint density at radius 1 is 1.03 bits per heavy atom. The van der Waals surface area contributed by atoms with E-state index >= 15 is 0 Å². The molecule has 0 bridgehead atoms. The summed E-state index contributed by atoms with van der Waals surface area (Å²) in [6.45, 7) is 0.743. The zero-order valence-electron chi connectivity index (χ0n) is 17.1. The molecular weight excluding hydrogens is 482 g/mol. The zero-order chi connectivity index (χ0) is 22.4. The first kappa shape index (κ1) is 23.4. The van der Waals surface area contributed by atoms with Crippen LogP contribution < -0.4 is 5.73 Å². The lowest BCUT2D eigenvalue weighted by Crippen LogP contribution is -2.47. The van der Waals surface area contributed by atoms with Gasteiger partial charge in [-0.2, -0.15) is 4.31 Å². The first-order valence-corrected chi connectivity index (χ1v) is 12.4. The highest BCUT2D eigenvalue weighted by Gasteiger charge is 2.31. The van der Waals surface area contributed by atoms with Crippen molar-refractivity contribution in [3.05, 3.63) is 64.6 Å². The molecule has 1 saturated heterocycles. The van der Waals surface area contributed by atoms with Gasteiger partial charge in [0.2, 0.25) is 21.8 Å². The minimum Gasteiger partial charge on any atom is -0.369 e. The van der Waals surface area contributed by atoms with Gasteiger partial charge in [-0.3, -0.25) is 9.59 Å². The summed E-state index contributed by atoms with van der Waals surface area (Å²) >= 11 is 3.32. The van der Waals surface area contributed by atoms with Crippen LogP contribution in [-0.4, -0.2) is 55.6 Å². The molecule has 2 amide bonds. The summed E-state index contributed by atoms with van der Waals surface area (Å²) in [7, 11) is -3.86. The molecule has 0 spiro atoms. The van der Waals surface area contributed by atoms with E-state index < -0.39 is 10.0 Å². The molecule has 1 aliphatic rings. The number of nitrogens with two attached hydrogens (primary N) is 1. The molecule has 0 radical (unpaired) electrons. The molecular formula is C22H26BrN3O4S. The lowest BCUT2D eigenvalue weighted by molar-refractivity contribution is -0.135. The van der Waals surface area contributed by atoms with Crippen LogP contribution in [0.15, 0.2) is 64.0 Å². The van der Waals surface area contributed by atoms with Gasteiger partial charge in [0.15, 0.2) is 0 Å². The average Bonchev–Trinajstić information content (AvgIpc) is 2.77. The fraction of sp³-hybridized carbons (Fsp3) is 0.364. The van der Waals surface area contributed by atoms with Crippen LogP contribution in [0.1, 0.15) is 18.4 Å². The Balaban J connectivity index is 1.76. The van der Waals surface area contributed by atoms with Crippen molar-refractivity contribution in [2.45, 2.75) is 24.2 Å². The standard InChI is InChI=1S/C22H26BrN3O4S/c23-19-6-8-20(9-7-19)31(29,30)26(15-10-17-4-2-1-3-5-17)16-21(27)25-13-11-18(12-14-25)22(24)28/h1-9,18H,10-16H2,(H2,24,28). The number of hydrogen-bond donors (Lipinski definition) is 1. The molecule has 0 atom stereocenters. The molecule has 3 rings (SSSR count). The number of amides is 2. The SMILES string of the molecule is NC(=O)C1CCN(C(=O)CN(CCc2ccccc2)S(=O)(=O)c2ccc(Br)cc2)CC1. The number of nitrogens with zero attached hydrogens (tertiary/aromatic N) is 2. The van der Waals surface area contributed by atoms with Crippen LogP contribution in [0.25, 0.3) is 0 Å². The Bertz CT molecular complexity index is 1000. The van der Waals surface area contributed by atoms with Crippen molar-refractivity contribution in [2.24, 2.45) is 11.7 Å². The van der Waals surface area contributed by atoms with Gasteiger partial charge in [0, 0.05) is 30.0 Å². The number of hydrogen-bond acceptors (Lipinski definition) is 4. The first-order valence-electron chi connectivity index (χ1n) is 10.1. The molecule has 1 fully saturated rings. The molecule has 2 aromatic rings. The Morgan fingerprint density at radius 2 is 1.65 bits per heavy atom. The fourth-order valence-corrected chi connectivity index (χ4v) is 5.26. The van der Waals surface area contributed by atoms with Crippen LogP contribution >= 0.6 is 15.9 Å². The summed E-state index contributed by atoms with van der Waals surface area (Å²) in [5.74, 6) is -0.851. The molecule has 31 heavy (non-hydrogen) atoms. The van der Waals surface area contributed by atoms with Gasteiger partial charge in [-0.25, -0.2) is 8.42 Å². The van der Waals surface area contributed by atoms with Crippen LogP contribution in [0.3, 0.4) is 0 Å². The molecule has 0 aliphatic carbocycles. The average molecular weight is 508 g/mol. The van der Waals surface area contributed by atoms with Crippen molar-refractivity contribution < 1.29 is 18.0 Å². The van der Waals surface area contributed by atoms with Crippen molar-refractivity contribution in [3.63, 3.8) is 0 Å². The van der Waals surface area contributed by atoms with Crippen molar-refractivity contribution in [3.8, 4) is 0 Å². The smallest absolute Gasteiger partial charge is 0.243 e. The third kappa shape index (κ3) is 6.15. The third-order valence-corrected chi connectivity index (χ3v) is 7.89. The summed E-state index contributed by atoms with van der Waals surface area (Å²) in [6.07, 6.45) is 1.50. The van der Waals surface area contributed by atoms with Gasteiger partial charge >= 0.3 is 0 Å². The van der Waals surface area contributed by atoms with E-state index in [-0.39, 0.29) is 35.7 Å². The van der Waals surface area contributed by atoms with Gasteiger partial charge in [0.05, 0.1) is 11.4 Å². The second-order valence-electron chi connectivity index (χ2n) is 7.59. The predicted molar refractivity (Wildman–Crippen MR) is 122 cm³/mol. The fourth-order valence-electron chi connectivity index (χ4n) is 3.60. The molecule has 2 N–H and O–H groups in total. The maximum absolute atomic E-state index is 13.3. The minimum atomic E-state index is -3.86. The summed E-state index contributed by atoms with van der Waals surface area (Å²) in [4.78, 5) is 26.1. The van der Waals surface area contributed by atoms with Crippen LogP contribution in [0.5, 0.6) is 0 Å². The van der Waals surface area contributed by atoms with Crippen molar-refractivity contribution in [2.75, 3.05) is 26.2 Å². The second-order valence-corrected chi connectivity index (χ2v) is 10.4. The van der Waals surface area contributed by atoms with Crippen LogP contribution in [0.4, 0.5) is 0 Å². The molecule has 2 aromatic carbocycles. The van der Waals surface area contributed by atoms with E-state index in [0.29, 0.717) is 32.4 Å². The largest absolute Gasteiger partial charge is 0.369 e. The van der Waals surface area contributed by atoms with E-state index in [0.717, 1.165) is 10.0 Å². The van der Waals surface area contributed by atoms with Gasteiger partial charge < -0.3 is 10.6 Å². The highest BCUT2D eigenvalue weighted by Crippen LogP contribution is 2.21. The number of piperidine rings is 1. The number of benzene rings is 2. The molecule has 0 saturated carbocycles. The summed E-state index contributed by atoms with van der Waals surface area (Å²) < 4.78 is 28.6. The van der Waals surface area contributed by atoms with E-state index in [1.54, 1.807) is 17.0 Å². The lowest BCUT2D eigenvalue weighted by Gasteiger charge is -2.32. The maximum atomic E-state index is 13.3. The Hall–Kier alpha value is -2.23. The van der Waals surface area contributed by atoms with Crippen molar-refractivity contribution in [1.29, 1.82) is 0 Å². The number of primary amides is 1. The number of carbonyl (C=O) groups excluding carboxylic acids is 2. The summed E-state index contributed by atoms with van der Waals surface area (Å²) in [5, 5.41) is 0. The molecule has 166 valence electrons. The Kier molecular flexibility index (Phi) is 7.85. The Labute approximate surface area is 191 Å². The Morgan fingerprint density at radius 3 is 2.23 bits per heavy atom. The van der Waals surface area contributed by atoms with Crippen LogP contribution in [0, 0.1) is 5.92 Å². The van der Waals surface area contributed by atoms with Gasteiger partial charge in [-0.05, 0) is 49.1 Å². The molecule has 1 aliphatic heterocycles. The van der Waals surface area contributed by atoms with Crippen LogP contribution in [-0.2, 0) is 26.0 Å². The minimum absolute atomic E-state index is 0.143. The van der Waals surface area contributed by atoms with Crippen molar-refractivity contribution >= 4 is 37.8 Å². The zero-order valence-corrected chi connectivity index (χ0v) is 19.5. The lowest BCUT2D eigenvalue weighted by atomic mass is 9.96. The molecule has 7 nitrogen and oxygen atoms in total. The number of halogens is 1. The summed E-state index contributed by atoms with van der Waals surface area (Å²) in [6, 6.07) is 15.9. The van der Waals surface area contributed by atoms with Crippen molar-refractivity contribution in [1.82, 2.24) is 9.21 Å². The normalized spacial score (nSPS) is 15.2. The maximum Gasteiger partial charge on any atom is 0.243 e. The number of rotatable bonds is 8. The van der Waals surface area contributed by atoms with E-state index in [9.17, 15) is 18.0 Å². The highest BCUT2D eigenvalue weighted by atomic mass is 79.9. The molecule has 9 heteroatoms. The van der Waals surface area contributed by atoms with Gasteiger partial charge in [0.25, 0.3) is 0 Å². The monoisotopic (exact) mass is 507 g/mol.